The van der Waals surface area contributed by atoms with Gasteiger partial charge in [0.2, 0.25) is 0 Å². The molecule has 3 heterocycles. The Labute approximate surface area is 210 Å². The minimum absolute atomic E-state index is 0.166. The predicted octanol–water partition coefficient (Wildman–Crippen LogP) is 3.81. The molecule has 9 heteroatoms. The Hall–Kier alpha value is -3.01. The van der Waals surface area contributed by atoms with Gasteiger partial charge in [-0.25, -0.2) is 0 Å². The Morgan fingerprint density at radius 1 is 1.03 bits per heavy atom. The van der Waals surface area contributed by atoms with Crippen LogP contribution >= 0.6 is 11.3 Å². The first-order valence-corrected chi connectivity index (χ1v) is 12.4. The maximum Gasteiger partial charge on any atom is 0.189 e. The van der Waals surface area contributed by atoms with Crippen molar-refractivity contribution in [3.05, 3.63) is 52.2 Å². The first kappa shape index (κ1) is 25.1. The monoisotopic (exact) mass is 495 g/mol. The third kappa shape index (κ3) is 5.47. The highest BCUT2D eigenvalue weighted by atomic mass is 32.1. The molecule has 0 aliphatic rings. The molecule has 0 radical (unpaired) electrons. The molecule has 186 valence electrons. The molecule has 0 saturated carbocycles. The lowest BCUT2D eigenvalue weighted by atomic mass is 9.91. The van der Waals surface area contributed by atoms with Crippen LogP contribution in [-0.2, 0) is 14.9 Å². The number of fused-ring (bicyclic) bond motifs is 1. The highest BCUT2D eigenvalue weighted by Gasteiger charge is 2.25. The smallest absolute Gasteiger partial charge is 0.189 e. The number of thiophene rings is 1. The van der Waals surface area contributed by atoms with E-state index < -0.39 is 0 Å². The predicted molar refractivity (Wildman–Crippen MR) is 141 cm³/mol. The highest BCUT2D eigenvalue weighted by Crippen LogP contribution is 2.30. The molecular weight excluding hydrogens is 462 g/mol. The van der Waals surface area contributed by atoms with Crippen LogP contribution in [0.4, 0.5) is 5.00 Å². The fraction of sp³-hybridized carbons (Fsp3) is 0.423. The molecule has 35 heavy (non-hydrogen) atoms. The number of aromatic nitrogens is 4. The van der Waals surface area contributed by atoms with E-state index in [1.54, 1.807) is 25.6 Å². The van der Waals surface area contributed by atoms with E-state index in [9.17, 15) is 0 Å². The van der Waals surface area contributed by atoms with Crippen molar-refractivity contribution >= 4 is 28.1 Å². The molecule has 0 aliphatic carbocycles. The lowest BCUT2D eigenvalue weighted by molar-refractivity contribution is 0.0744. The molecule has 8 nitrogen and oxygen atoms in total. The van der Waals surface area contributed by atoms with Gasteiger partial charge in [-0.15, -0.1) is 21.5 Å². The Morgan fingerprint density at radius 3 is 2.57 bits per heavy atom. The van der Waals surface area contributed by atoms with E-state index in [0.717, 1.165) is 39.3 Å². The van der Waals surface area contributed by atoms with Crippen LogP contribution in [0.25, 0.3) is 23.1 Å². The number of methoxy groups -OCH3 is 2. The number of benzene rings is 1. The van der Waals surface area contributed by atoms with Gasteiger partial charge in [0.25, 0.3) is 0 Å². The van der Waals surface area contributed by atoms with E-state index in [4.69, 9.17) is 19.3 Å². The number of nitrogens with zero attached hydrogens (tertiary/aromatic N) is 5. The number of rotatable bonds is 10. The lowest BCUT2D eigenvalue weighted by Crippen LogP contribution is -2.22. The van der Waals surface area contributed by atoms with Crippen LogP contribution in [0.15, 0.2) is 36.4 Å². The van der Waals surface area contributed by atoms with Crippen LogP contribution < -0.4 is 14.9 Å². The van der Waals surface area contributed by atoms with Gasteiger partial charge >= 0.3 is 0 Å². The van der Waals surface area contributed by atoms with Crippen LogP contribution in [0.3, 0.4) is 0 Å². The van der Waals surface area contributed by atoms with Gasteiger partial charge < -0.3 is 19.1 Å². The number of hydrogen-bond donors (Lipinski definition) is 0. The van der Waals surface area contributed by atoms with Crippen molar-refractivity contribution < 1.29 is 14.2 Å². The highest BCUT2D eigenvalue weighted by molar-refractivity contribution is 7.16. The molecule has 0 aliphatic heterocycles. The van der Waals surface area contributed by atoms with Crippen LogP contribution in [-0.4, -0.2) is 67.4 Å². The Bertz CT molecular complexity index is 1320. The molecule has 0 spiro atoms. The van der Waals surface area contributed by atoms with Crippen LogP contribution in [0.2, 0.25) is 0 Å². The second kappa shape index (κ2) is 10.7. The second-order valence-corrected chi connectivity index (χ2v) is 10.4. The molecule has 0 bridgehead atoms. The van der Waals surface area contributed by atoms with Gasteiger partial charge in [-0.05, 0) is 30.3 Å². The SMILES string of the molecule is COCCOCCN(C)c1ccc(C=c2c(C(C)(C)C)nn3c(-c4ccccc4OC)nnc23)s1. The normalized spacial score (nSPS) is 12.6. The average Bonchev–Trinajstić information content (AvgIpc) is 3.55. The molecule has 0 atom stereocenters. The standard InChI is InChI=1S/C26H33N5O3S/c1-26(2,3)23-20(17-18-11-12-22(35-18)30(4)13-14-34-16-15-32-5)25-28-27-24(31(25)29-23)19-9-7-8-10-21(19)33-6/h7-12,17H,13-16H2,1-6H3. The van der Waals surface area contributed by atoms with Crippen molar-refractivity contribution in [3.63, 3.8) is 0 Å². The summed E-state index contributed by atoms with van der Waals surface area (Å²) < 4.78 is 18.0. The van der Waals surface area contributed by atoms with Gasteiger partial charge in [-0.3, -0.25) is 0 Å². The van der Waals surface area contributed by atoms with E-state index in [0.29, 0.717) is 25.6 Å². The molecule has 0 N–H and O–H groups in total. The Kier molecular flexibility index (Phi) is 7.69. The van der Waals surface area contributed by atoms with Crippen LogP contribution in [0, 0.1) is 0 Å². The number of anilines is 1. The maximum absolute atomic E-state index is 5.61. The molecule has 0 saturated heterocycles. The van der Waals surface area contributed by atoms with Gasteiger partial charge in [-0.1, -0.05) is 32.9 Å². The minimum Gasteiger partial charge on any atom is -0.496 e. The van der Waals surface area contributed by atoms with E-state index in [1.165, 1.54) is 5.00 Å². The van der Waals surface area contributed by atoms with Crippen molar-refractivity contribution in [3.8, 4) is 17.1 Å². The summed E-state index contributed by atoms with van der Waals surface area (Å²) in [4.78, 5) is 3.34. The van der Waals surface area contributed by atoms with Crippen molar-refractivity contribution in [1.29, 1.82) is 0 Å². The van der Waals surface area contributed by atoms with E-state index in [2.05, 4.69) is 61.1 Å². The number of likely N-dealkylation sites (N-methyl/N-ethyl adjacent to an activating group) is 1. The summed E-state index contributed by atoms with van der Waals surface area (Å²) in [6.07, 6.45) is 2.17. The summed E-state index contributed by atoms with van der Waals surface area (Å²) in [6, 6.07) is 12.1. The number of para-hydroxylation sites is 1. The van der Waals surface area contributed by atoms with E-state index in [-0.39, 0.29) is 5.41 Å². The fourth-order valence-corrected chi connectivity index (χ4v) is 4.75. The van der Waals surface area contributed by atoms with Crippen molar-refractivity contribution in [2.75, 3.05) is 52.5 Å². The second-order valence-electron chi connectivity index (χ2n) is 9.32. The minimum atomic E-state index is -0.166. The quantitative estimate of drug-likeness (QED) is 0.310. The van der Waals surface area contributed by atoms with Crippen molar-refractivity contribution in [2.24, 2.45) is 0 Å². The Morgan fingerprint density at radius 2 is 1.83 bits per heavy atom. The Balaban J connectivity index is 1.69. The zero-order chi connectivity index (χ0) is 25.0. The number of ether oxygens (including phenoxy) is 3. The fourth-order valence-electron chi connectivity index (χ4n) is 3.81. The lowest BCUT2D eigenvalue weighted by Gasteiger charge is -2.16. The summed E-state index contributed by atoms with van der Waals surface area (Å²) in [6.45, 7) is 9.19. The zero-order valence-electron chi connectivity index (χ0n) is 21.2. The van der Waals surface area contributed by atoms with Gasteiger partial charge in [0.15, 0.2) is 11.5 Å². The molecule has 4 aromatic rings. The first-order valence-electron chi connectivity index (χ1n) is 11.6. The summed E-state index contributed by atoms with van der Waals surface area (Å²) in [5, 5.41) is 16.1. The summed E-state index contributed by atoms with van der Waals surface area (Å²) in [5.41, 5.74) is 2.42. The largest absolute Gasteiger partial charge is 0.496 e. The van der Waals surface area contributed by atoms with Crippen LogP contribution in [0.1, 0.15) is 31.3 Å². The third-order valence-electron chi connectivity index (χ3n) is 5.67. The summed E-state index contributed by atoms with van der Waals surface area (Å²) >= 11 is 1.73. The van der Waals surface area contributed by atoms with Gasteiger partial charge in [0, 0.05) is 36.2 Å². The number of hydrogen-bond acceptors (Lipinski definition) is 8. The topological polar surface area (TPSA) is 74.0 Å². The molecule has 0 unspecified atom stereocenters. The maximum atomic E-state index is 5.61. The first-order chi connectivity index (χ1) is 16.8. The van der Waals surface area contributed by atoms with Gasteiger partial charge in [0.1, 0.15) is 5.75 Å². The molecule has 4 rings (SSSR count). The summed E-state index contributed by atoms with van der Waals surface area (Å²) in [5.74, 6) is 1.41. The molecule has 0 amide bonds. The van der Waals surface area contributed by atoms with Crippen molar-refractivity contribution in [1.82, 2.24) is 19.8 Å². The van der Waals surface area contributed by atoms with Crippen molar-refractivity contribution in [2.45, 2.75) is 26.2 Å². The van der Waals surface area contributed by atoms with Crippen LogP contribution in [0.5, 0.6) is 5.75 Å². The molecule has 1 aromatic carbocycles. The van der Waals surface area contributed by atoms with E-state index in [1.807, 2.05) is 28.8 Å². The molecule has 3 aromatic heterocycles. The molecular formula is C26H33N5O3S. The van der Waals surface area contributed by atoms with E-state index >= 15 is 0 Å². The van der Waals surface area contributed by atoms with Gasteiger partial charge in [0.05, 0.1) is 43.2 Å². The zero-order valence-corrected chi connectivity index (χ0v) is 22.1. The third-order valence-corrected chi connectivity index (χ3v) is 6.82. The molecule has 0 fully saturated rings. The summed E-state index contributed by atoms with van der Waals surface area (Å²) in [7, 11) is 5.42. The van der Waals surface area contributed by atoms with Gasteiger partial charge in [-0.2, -0.15) is 9.61 Å². The average molecular weight is 496 g/mol.